The van der Waals surface area contributed by atoms with Crippen molar-refractivity contribution in [3.8, 4) is 28.7 Å². The van der Waals surface area contributed by atoms with E-state index in [1.54, 1.807) is 18.2 Å². The first kappa shape index (κ1) is 28.0. The Hall–Kier alpha value is -4.55. The SMILES string of the molecule is COc1cc2nccc(Oc3ccc(NC(=O)c4nn(C5CCCC5)cc4OCC(F)(F)F)cc3F)c2cc1OC. The molecule has 41 heavy (non-hydrogen) atoms. The molecule has 0 atom stereocenters. The molecule has 1 aliphatic carbocycles. The standard InChI is InChI=1S/C28H26F4N4O5/c1-38-23-12-18-20(13-24(23)39-2)33-10-9-21(18)41-22-8-7-16(11-19(22)29)34-27(37)26-25(40-15-28(30,31)32)14-36(35-26)17-5-3-4-6-17/h7-14,17H,3-6,15H2,1-2H3,(H,34,37). The summed E-state index contributed by atoms with van der Waals surface area (Å²) >= 11 is 0. The maximum Gasteiger partial charge on any atom is 0.422 e. The summed E-state index contributed by atoms with van der Waals surface area (Å²) in [4.78, 5) is 17.3. The van der Waals surface area contributed by atoms with Gasteiger partial charge in [-0.05, 0) is 37.1 Å². The molecule has 1 saturated carbocycles. The topological polar surface area (TPSA) is 96.7 Å². The van der Waals surface area contributed by atoms with Crippen LogP contribution in [0.1, 0.15) is 42.2 Å². The number of ether oxygens (including phenoxy) is 4. The van der Waals surface area contributed by atoms with E-state index in [0.717, 1.165) is 31.7 Å². The molecule has 1 N–H and O–H groups in total. The zero-order valence-electron chi connectivity index (χ0n) is 22.1. The largest absolute Gasteiger partial charge is 0.493 e. The van der Waals surface area contributed by atoms with Gasteiger partial charge in [-0.15, -0.1) is 0 Å². The summed E-state index contributed by atoms with van der Waals surface area (Å²) in [7, 11) is 2.98. The van der Waals surface area contributed by atoms with E-state index in [0.29, 0.717) is 28.2 Å². The van der Waals surface area contributed by atoms with Crippen molar-refractivity contribution in [2.45, 2.75) is 37.9 Å². The number of methoxy groups -OCH3 is 2. The molecule has 13 heteroatoms. The van der Waals surface area contributed by atoms with Crippen LogP contribution in [0, 0.1) is 5.82 Å². The van der Waals surface area contributed by atoms with Crippen LogP contribution in [0.4, 0.5) is 23.2 Å². The van der Waals surface area contributed by atoms with Crippen LogP contribution in [0.5, 0.6) is 28.7 Å². The molecule has 2 aromatic carbocycles. The monoisotopic (exact) mass is 574 g/mol. The van der Waals surface area contributed by atoms with E-state index in [2.05, 4.69) is 15.4 Å². The average molecular weight is 575 g/mol. The maximum atomic E-state index is 15.1. The molecule has 0 unspecified atom stereocenters. The molecule has 2 heterocycles. The van der Waals surface area contributed by atoms with Gasteiger partial charge in [-0.1, -0.05) is 12.8 Å². The molecule has 1 aliphatic rings. The third-order valence-electron chi connectivity index (χ3n) is 6.62. The Kier molecular flexibility index (Phi) is 7.86. The summed E-state index contributed by atoms with van der Waals surface area (Å²) in [5.41, 5.74) is 0.252. The normalized spacial score (nSPS) is 13.8. The second kappa shape index (κ2) is 11.5. The summed E-state index contributed by atoms with van der Waals surface area (Å²) < 4.78 is 76.3. The number of hydrogen-bond acceptors (Lipinski definition) is 7. The summed E-state index contributed by atoms with van der Waals surface area (Å²) in [5, 5.41) is 7.23. The Labute approximate surface area is 232 Å². The number of rotatable bonds is 9. The summed E-state index contributed by atoms with van der Waals surface area (Å²) in [6, 6.07) is 8.59. The van der Waals surface area contributed by atoms with Gasteiger partial charge in [0.1, 0.15) is 5.75 Å². The highest BCUT2D eigenvalue weighted by Gasteiger charge is 2.31. The number of fused-ring (bicyclic) bond motifs is 1. The van der Waals surface area contributed by atoms with Crippen molar-refractivity contribution in [3.05, 3.63) is 60.3 Å². The van der Waals surface area contributed by atoms with Gasteiger partial charge in [0.25, 0.3) is 5.91 Å². The molecule has 0 radical (unpaired) electrons. The third-order valence-corrected chi connectivity index (χ3v) is 6.62. The number of benzene rings is 2. The van der Waals surface area contributed by atoms with Crippen molar-refractivity contribution in [1.29, 1.82) is 0 Å². The molecular weight excluding hydrogens is 548 g/mol. The molecular formula is C28H26F4N4O5. The number of amides is 1. The fourth-order valence-electron chi connectivity index (χ4n) is 4.66. The van der Waals surface area contributed by atoms with E-state index >= 15 is 4.39 Å². The minimum absolute atomic E-state index is 0.0380. The molecule has 0 saturated heterocycles. The Balaban J connectivity index is 1.36. The lowest BCUT2D eigenvalue weighted by Crippen LogP contribution is -2.21. The van der Waals surface area contributed by atoms with Crippen LogP contribution in [0.2, 0.25) is 0 Å². The first-order valence-electron chi connectivity index (χ1n) is 12.7. The highest BCUT2D eigenvalue weighted by atomic mass is 19.4. The van der Waals surface area contributed by atoms with Crippen LogP contribution in [0.15, 0.2) is 48.8 Å². The molecule has 9 nitrogen and oxygen atoms in total. The van der Waals surface area contributed by atoms with Gasteiger partial charge < -0.3 is 24.3 Å². The average Bonchev–Trinajstić information content (AvgIpc) is 3.63. The van der Waals surface area contributed by atoms with Gasteiger partial charge >= 0.3 is 6.18 Å². The molecule has 5 rings (SSSR count). The first-order chi connectivity index (χ1) is 19.6. The summed E-state index contributed by atoms with van der Waals surface area (Å²) in [6.45, 7) is -1.58. The first-order valence-corrected chi connectivity index (χ1v) is 12.7. The smallest absolute Gasteiger partial charge is 0.422 e. The van der Waals surface area contributed by atoms with E-state index in [1.807, 2.05) is 0 Å². The Bertz CT molecular complexity index is 1570. The molecule has 0 spiro atoms. The number of pyridine rings is 1. The predicted octanol–water partition coefficient (Wildman–Crippen LogP) is 6.69. The molecule has 0 aliphatic heterocycles. The predicted molar refractivity (Wildman–Crippen MR) is 141 cm³/mol. The molecule has 1 amide bonds. The van der Waals surface area contributed by atoms with Gasteiger partial charge in [0.15, 0.2) is 41.1 Å². The van der Waals surface area contributed by atoms with Gasteiger partial charge in [-0.3, -0.25) is 14.5 Å². The molecule has 216 valence electrons. The lowest BCUT2D eigenvalue weighted by Gasteiger charge is -2.13. The number of carbonyl (C=O) groups is 1. The highest BCUT2D eigenvalue weighted by molar-refractivity contribution is 6.04. The lowest BCUT2D eigenvalue weighted by atomic mass is 10.2. The number of hydrogen-bond donors (Lipinski definition) is 1. The maximum absolute atomic E-state index is 15.1. The van der Waals surface area contributed by atoms with E-state index < -0.39 is 24.5 Å². The van der Waals surface area contributed by atoms with Crippen molar-refractivity contribution < 1.29 is 41.3 Å². The van der Waals surface area contributed by atoms with E-state index in [1.165, 1.54) is 43.4 Å². The van der Waals surface area contributed by atoms with Crippen molar-refractivity contribution in [2.24, 2.45) is 0 Å². The van der Waals surface area contributed by atoms with Crippen LogP contribution in [-0.2, 0) is 0 Å². The van der Waals surface area contributed by atoms with Crippen LogP contribution >= 0.6 is 0 Å². The number of nitrogens with zero attached hydrogens (tertiary/aromatic N) is 3. The van der Waals surface area contributed by atoms with E-state index in [9.17, 15) is 18.0 Å². The van der Waals surface area contributed by atoms with Crippen molar-refractivity contribution in [1.82, 2.24) is 14.8 Å². The second-order valence-corrected chi connectivity index (χ2v) is 9.40. The highest BCUT2D eigenvalue weighted by Crippen LogP contribution is 2.38. The molecule has 0 bridgehead atoms. The van der Waals surface area contributed by atoms with Crippen molar-refractivity contribution >= 4 is 22.5 Å². The van der Waals surface area contributed by atoms with Gasteiger partial charge in [-0.2, -0.15) is 18.3 Å². The van der Waals surface area contributed by atoms with E-state index in [-0.39, 0.29) is 28.9 Å². The van der Waals surface area contributed by atoms with Gasteiger partial charge in [-0.25, -0.2) is 4.39 Å². The third kappa shape index (κ3) is 6.28. The Morgan fingerprint density at radius 1 is 1.00 bits per heavy atom. The Morgan fingerprint density at radius 2 is 1.73 bits per heavy atom. The van der Waals surface area contributed by atoms with Crippen LogP contribution in [0.25, 0.3) is 10.9 Å². The number of carbonyl (C=O) groups excluding carboxylic acids is 1. The van der Waals surface area contributed by atoms with Crippen LogP contribution in [-0.4, -0.2) is 47.7 Å². The van der Waals surface area contributed by atoms with Crippen LogP contribution in [0.3, 0.4) is 0 Å². The molecule has 1 fully saturated rings. The molecule has 2 aromatic heterocycles. The minimum Gasteiger partial charge on any atom is -0.493 e. The summed E-state index contributed by atoms with van der Waals surface area (Å²) in [6.07, 6.45) is 1.70. The van der Waals surface area contributed by atoms with Gasteiger partial charge in [0, 0.05) is 29.4 Å². The van der Waals surface area contributed by atoms with Crippen molar-refractivity contribution in [3.63, 3.8) is 0 Å². The second-order valence-electron chi connectivity index (χ2n) is 9.40. The zero-order chi connectivity index (χ0) is 29.1. The van der Waals surface area contributed by atoms with Gasteiger partial charge in [0.2, 0.25) is 0 Å². The zero-order valence-corrected chi connectivity index (χ0v) is 22.1. The minimum atomic E-state index is -4.60. The van der Waals surface area contributed by atoms with E-state index in [4.69, 9.17) is 18.9 Å². The van der Waals surface area contributed by atoms with Crippen LogP contribution < -0.4 is 24.3 Å². The Morgan fingerprint density at radius 3 is 2.41 bits per heavy atom. The van der Waals surface area contributed by atoms with Gasteiger partial charge in [0.05, 0.1) is 32.0 Å². The quantitative estimate of drug-likeness (QED) is 0.223. The fourth-order valence-corrected chi connectivity index (χ4v) is 4.66. The number of halogens is 4. The number of nitrogens with one attached hydrogen (secondary N) is 1. The number of anilines is 1. The number of aromatic nitrogens is 3. The molecule has 4 aromatic rings. The summed E-state index contributed by atoms with van der Waals surface area (Å²) in [5.74, 6) is -0.864. The fraction of sp³-hybridized carbons (Fsp3) is 0.321. The van der Waals surface area contributed by atoms with Crippen molar-refractivity contribution in [2.75, 3.05) is 26.1 Å². The number of alkyl halides is 3. The lowest BCUT2D eigenvalue weighted by molar-refractivity contribution is -0.153.